The van der Waals surface area contributed by atoms with Gasteiger partial charge in [0.2, 0.25) is 0 Å². The number of nitrogens with two attached hydrogens (primary N) is 1. The van der Waals surface area contributed by atoms with Crippen molar-refractivity contribution in [3.8, 4) is 0 Å². The van der Waals surface area contributed by atoms with Crippen molar-refractivity contribution in [3.63, 3.8) is 0 Å². The fourth-order valence-electron chi connectivity index (χ4n) is 1.94. The summed E-state index contributed by atoms with van der Waals surface area (Å²) in [6, 6.07) is 7.22. The van der Waals surface area contributed by atoms with Gasteiger partial charge in [0.05, 0.1) is 12.5 Å². The van der Waals surface area contributed by atoms with Gasteiger partial charge < -0.3 is 10.5 Å². The van der Waals surface area contributed by atoms with Crippen molar-refractivity contribution in [2.45, 2.75) is 19.4 Å². The Hall–Kier alpha value is -1.68. The van der Waals surface area contributed by atoms with Crippen molar-refractivity contribution >= 4 is 11.8 Å². The summed E-state index contributed by atoms with van der Waals surface area (Å²) in [7, 11) is 0. The van der Waals surface area contributed by atoms with Gasteiger partial charge in [0.1, 0.15) is 0 Å². The Morgan fingerprint density at radius 1 is 1.47 bits per heavy atom. The van der Waals surface area contributed by atoms with Crippen LogP contribution in [-0.4, -0.2) is 18.4 Å². The lowest BCUT2D eigenvalue weighted by atomic mass is 9.96. The summed E-state index contributed by atoms with van der Waals surface area (Å²) in [6.07, 6.45) is 0.869. The van der Waals surface area contributed by atoms with E-state index in [2.05, 4.69) is 0 Å². The van der Waals surface area contributed by atoms with Crippen LogP contribution in [0.15, 0.2) is 24.3 Å². The maximum atomic E-state index is 12.0. The molecular weight excluding hydrogens is 218 g/mol. The molecule has 1 aromatic carbocycles. The summed E-state index contributed by atoms with van der Waals surface area (Å²) < 4.78 is 4.84. The molecule has 1 aliphatic heterocycles. The molecule has 1 saturated heterocycles. The Bertz CT molecular complexity index is 442. The third-order valence-electron chi connectivity index (χ3n) is 2.96. The second kappa shape index (κ2) is 5.10. The zero-order valence-corrected chi connectivity index (χ0v) is 9.52. The molecule has 0 aliphatic carbocycles. The topological polar surface area (TPSA) is 69.4 Å². The Labute approximate surface area is 99.8 Å². The molecule has 4 nitrogen and oxygen atoms in total. The Balaban J connectivity index is 2.06. The first kappa shape index (κ1) is 11.8. The molecule has 1 atom stereocenters. The second-order valence-corrected chi connectivity index (χ2v) is 4.18. The number of esters is 1. The summed E-state index contributed by atoms with van der Waals surface area (Å²) in [5.41, 5.74) is 7.06. The van der Waals surface area contributed by atoms with Gasteiger partial charge in [-0.15, -0.1) is 0 Å². The van der Waals surface area contributed by atoms with Gasteiger partial charge in [-0.3, -0.25) is 9.59 Å². The molecule has 0 saturated carbocycles. The van der Waals surface area contributed by atoms with Crippen LogP contribution in [0.5, 0.6) is 0 Å². The lowest BCUT2D eigenvalue weighted by Crippen LogP contribution is -2.13. The van der Waals surface area contributed by atoms with Crippen molar-refractivity contribution in [2.75, 3.05) is 6.61 Å². The third-order valence-corrected chi connectivity index (χ3v) is 2.96. The van der Waals surface area contributed by atoms with E-state index in [0.29, 0.717) is 25.1 Å². The summed E-state index contributed by atoms with van der Waals surface area (Å²) in [4.78, 5) is 23.2. The predicted molar refractivity (Wildman–Crippen MR) is 62.3 cm³/mol. The van der Waals surface area contributed by atoms with Crippen molar-refractivity contribution in [1.82, 2.24) is 0 Å². The number of ketones is 1. The molecule has 1 heterocycles. The molecule has 1 aliphatic rings. The fourth-order valence-corrected chi connectivity index (χ4v) is 1.94. The van der Waals surface area contributed by atoms with E-state index in [1.165, 1.54) is 0 Å². The first-order valence-corrected chi connectivity index (χ1v) is 5.69. The Morgan fingerprint density at radius 2 is 2.29 bits per heavy atom. The van der Waals surface area contributed by atoms with Crippen LogP contribution >= 0.6 is 0 Å². The molecule has 0 amide bonds. The van der Waals surface area contributed by atoms with Crippen LogP contribution in [0.3, 0.4) is 0 Å². The number of carbonyl (C=O) groups is 2. The zero-order valence-electron chi connectivity index (χ0n) is 9.52. The molecule has 17 heavy (non-hydrogen) atoms. The molecule has 0 unspecified atom stereocenters. The summed E-state index contributed by atoms with van der Waals surface area (Å²) in [5.74, 6) is -0.554. The largest absolute Gasteiger partial charge is 0.465 e. The van der Waals surface area contributed by atoms with Gasteiger partial charge in [0.15, 0.2) is 5.78 Å². The number of benzene rings is 1. The van der Waals surface area contributed by atoms with Crippen LogP contribution in [0.1, 0.15) is 28.8 Å². The highest BCUT2D eigenvalue weighted by atomic mass is 16.5. The molecule has 0 bridgehead atoms. The van der Waals surface area contributed by atoms with E-state index in [4.69, 9.17) is 10.5 Å². The molecular formula is C13H15NO3. The van der Waals surface area contributed by atoms with Gasteiger partial charge in [-0.2, -0.15) is 0 Å². The van der Waals surface area contributed by atoms with Gasteiger partial charge in [-0.25, -0.2) is 0 Å². The number of carbonyl (C=O) groups excluding carboxylic acids is 2. The van der Waals surface area contributed by atoms with E-state index in [1.54, 1.807) is 12.1 Å². The Morgan fingerprint density at radius 3 is 2.94 bits per heavy atom. The maximum absolute atomic E-state index is 12.0. The normalized spacial score (nSPS) is 19.1. The van der Waals surface area contributed by atoms with Crippen LogP contribution in [0.25, 0.3) is 0 Å². The summed E-state index contributed by atoms with van der Waals surface area (Å²) >= 11 is 0. The van der Waals surface area contributed by atoms with E-state index in [0.717, 1.165) is 5.56 Å². The predicted octanol–water partition coefficient (Wildman–Crippen LogP) is 1.28. The highest BCUT2D eigenvalue weighted by Crippen LogP contribution is 2.20. The number of Topliss-reactive ketones (excluding diaryl/α,β-unsaturated/α-hetero) is 1. The first-order valence-electron chi connectivity index (χ1n) is 5.69. The van der Waals surface area contributed by atoms with Crippen LogP contribution < -0.4 is 5.73 Å². The molecule has 0 radical (unpaired) electrons. The molecule has 0 aromatic heterocycles. The van der Waals surface area contributed by atoms with Gasteiger partial charge in [0.25, 0.3) is 0 Å². The highest BCUT2D eigenvalue weighted by Gasteiger charge is 2.28. The molecule has 1 fully saturated rings. The van der Waals surface area contributed by atoms with E-state index in [-0.39, 0.29) is 24.1 Å². The zero-order chi connectivity index (χ0) is 12.3. The first-order chi connectivity index (χ1) is 8.20. The number of hydrogen-bond acceptors (Lipinski definition) is 4. The van der Waals surface area contributed by atoms with Gasteiger partial charge in [0, 0.05) is 18.5 Å². The van der Waals surface area contributed by atoms with Gasteiger partial charge >= 0.3 is 5.97 Å². The minimum Gasteiger partial charge on any atom is -0.465 e. The standard InChI is InChI=1S/C13H15NO3/c14-8-9-2-1-3-10(6-9)12(15)7-11-4-5-17-13(11)16/h1-3,6,11H,4-5,7-8,14H2/t11-/m1/s1. The smallest absolute Gasteiger partial charge is 0.309 e. The van der Waals surface area contributed by atoms with E-state index in [9.17, 15) is 9.59 Å². The van der Waals surface area contributed by atoms with E-state index >= 15 is 0 Å². The van der Waals surface area contributed by atoms with Gasteiger partial charge in [-0.1, -0.05) is 18.2 Å². The minimum atomic E-state index is -0.274. The Kier molecular flexibility index (Phi) is 3.54. The number of rotatable bonds is 4. The van der Waals surface area contributed by atoms with Crippen LogP contribution in [0.2, 0.25) is 0 Å². The third kappa shape index (κ3) is 2.71. The van der Waals surface area contributed by atoms with Crippen molar-refractivity contribution < 1.29 is 14.3 Å². The molecule has 4 heteroatoms. The van der Waals surface area contributed by atoms with Gasteiger partial charge in [-0.05, 0) is 18.1 Å². The highest BCUT2D eigenvalue weighted by molar-refractivity contribution is 5.98. The average molecular weight is 233 g/mol. The monoisotopic (exact) mass is 233 g/mol. The number of ether oxygens (including phenoxy) is 1. The van der Waals surface area contributed by atoms with Crippen LogP contribution in [0, 0.1) is 5.92 Å². The summed E-state index contributed by atoms with van der Waals surface area (Å²) in [6.45, 7) is 0.839. The number of cyclic esters (lactones) is 1. The SMILES string of the molecule is NCc1cccc(C(=O)C[C@H]2CCOC2=O)c1. The number of hydrogen-bond donors (Lipinski definition) is 1. The maximum Gasteiger partial charge on any atom is 0.309 e. The van der Waals surface area contributed by atoms with E-state index < -0.39 is 0 Å². The average Bonchev–Trinajstić information content (AvgIpc) is 2.75. The minimum absolute atomic E-state index is 0.0239. The lowest BCUT2D eigenvalue weighted by molar-refractivity contribution is -0.141. The van der Waals surface area contributed by atoms with E-state index in [1.807, 2.05) is 12.1 Å². The second-order valence-electron chi connectivity index (χ2n) is 4.18. The molecule has 2 N–H and O–H groups in total. The quantitative estimate of drug-likeness (QED) is 0.628. The molecule has 0 spiro atoms. The van der Waals surface area contributed by atoms with Crippen molar-refractivity contribution in [1.29, 1.82) is 0 Å². The van der Waals surface area contributed by atoms with Crippen LogP contribution in [-0.2, 0) is 16.1 Å². The molecule has 2 rings (SSSR count). The fraction of sp³-hybridized carbons (Fsp3) is 0.385. The summed E-state index contributed by atoms with van der Waals surface area (Å²) in [5, 5.41) is 0. The molecule has 90 valence electrons. The van der Waals surface area contributed by atoms with Crippen molar-refractivity contribution in [3.05, 3.63) is 35.4 Å². The van der Waals surface area contributed by atoms with Crippen molar-refractivity contribution in [2.24, 2.45) is 11.7 Å². The molecule has 1 aromatic rings. The van der Waals surface area contributed by atoms with Crippen LogP contribution in [0.4, 0.5) is 0 Å². The lowest BCUT2D eigenvalue weighted by Gasteiger charge is -2.06.